The third-order valence-electron chi connectivity index (χ3n) is 2.52. The number of hydrogen-bond acceptors (Lipinski definition) is 4. The number of anilines is 1. The highest BCUT2D eigenvalue weighted by atomic mass is 16.5. The number of benzene rings is 1. The number of carbonyl (C=O) groups is 3. The number of methoxy groups -OCH3 is 1. The lowest BCUT2D eigenvalue weighted by atomic mass is 9.91. The van der Waals surface area contributed by atoms with E-state index in [0.29, 0.717) is 5.75 Å². The van der Waals surface area contributed by atoms with E-state index in [9.17, 15) is 14.4 Å². The molecular weight excluding hydrogens is 226 g/mol. The molecule has 0 radical (unpaired) electrons. The molecule has 2 N–H and O–H groups in total. The van der Waals surface area contributed by atoms with Gasteiger partial charge in [0, 0.05) is 11.6 Å². The van der Waals surface area contributed by atoms with Gasteiger partial charge >= 0.3 is 5.97 Å². The zero-order valence-electron chi connectivity index (χ0n) is 8.89. The summed E-state index contributed by atoms with van der Waals surface area (Å²) in [5.41, 5.74) is 0.453. The molecule has 1 aromatic carbocycles. The van der Waals surface area contributed by atoms with Crippen molar-refractivity contribution in [3.05, 3.63) is 23.8 Å². The third kappa shape index (κ3) is 1.73. The van der Waals surface area contributed by atoms with Crippen molar-refractivity contribution in [3.8, 4) is 5.75 Å². The number of ether oxygens (including phenoxy) is 1. The van der Waals surface area contributed by atoms with Crippen LogP contribution in [0.15, 0.2) is 18.2 Å². The highest BCUT2D eigenvalue weighted by Crippen LogP contribution is 2.29. The molecule has 1 aliphatic heterocycles. The van der Waals surface area contributed by atoms with Crippen molar-refractivity contribution in [2.24, 2.45) is 5.92 Å². The number of amides is 1. The second-order valence-electron chi connectivity index (χ2n) is 3.54. The van der Waals surface area contributed by atoms with Gasteiger partial charge in [-0.1, -0.05) is 0 Å². The van der Waals surface area contributed by atoms with Crippen molar-refractivity contribution in [1.29, 1.82) is 0 Å². The maximum atomic E-state index is 11.8. The topological polar surface area (TPSA) is 92.7 Å². The predicted octanol–water partition coefficient (Wildman–Crippen LogP) is 0.531. The summed E-state index contributed by atoms with van der Waals surface area (Å²) < 4.78 is 4.95. The number of fused-ring (bicyclic) bond motifs is 1. The van der Waals surface area contributed by atoms with Crippen LogP contribution in [0.4, 0.5) is 5.69 Å². The third-order valence-corrected chi connectivity index (χ3v) is 2.52. The minimum atomic E-state index is -1.67. The average Bonchev–Trinajstić information content (AvgIpc) is 2.27. The number of Topliss-reactive ketones (excluding diaryl/α,β-unsaturated/α-hetero) is 1. The first-order valence-corrected chi connectivity index (χ1v) is 4.80. The van der Waals surface area contributed by atoms with E-state index in [1.54, 1.807) is 0 Å². The maximum absolute atomic E-state index is 11.8. The molecule has 2 rings (SSSR count). The van der Waals surface area contributed by atoms with E-state index < -0.39 is 23.6 Å². The quantitative estimate of drug-likeness (QED) is 0.729. The second-order valence-corrected chi connectivity index (χ2v) is 3.54. The van der Waals surface area contributed by atoms with E-state index >= 15 is 0 Å². The molecule has 0 fully saturated rings. The van der Waals surface area contributed by atoms with Crippen molar-refractivity contribution in [2.45, 2.75) is 0 Å². The zero-order valence-corrected chi connectivity index (χ0v) is 8.89. The molecule has 1 amide bonds. The van der Waals surface area contributed by atoms with Gasteiger partial charge in [0.25, 0.3) is 0 Å². The number of nitrogens with one attached hydrogen (secondary N) is 1. The van der Waals surface area contributed by atoms with Gasteiger partial charge in [0.05, 0.1) is 12.8 Å². The van der Waals surface area contributed by atoms with Crippen molar-refractivity contribution in [3.63, 3.8) is 0 Å². The van der Waals surface area contributed by atoms with E-state index in [1.807, 2.05) is 0 Å². The Kier molecular flexibility index (Phi) is 2.55. The van der Waals surface area contributed by atoms with E-state index in [4.69, 9.17) is 9.84 Å². The van der Waals surface area contributed by atoms with Gasteiger partial charge in [0.2, 0.25) is 5.91 Å². The predicted molar refractivity (Wildman–Crippen MR) is 57.1 cm³/mol. The summed E-state index contributed by atoms with van der Waals surface area (Å²) in [5, 5.41) is 11.2. The Morgan fingerprint density at radius 2 is 2.12 bits per heavy atom. The second kappa shape index (κ2) is 3.89. The van der Waals surface area contributed by atoms with E-state index in [2.05, 4.69) is 5.32 Å². The lowest BCUT2D eigenvalue weighted by Crippen LogP contribution is -2.40. The molecule has 1 heterocycles. The standard InChI is InChI=1S/C11H9NO5/c1-17-5-2-3-6-7(4-5)12-10(14)8(9(6)13)11(15)16/h2-4,8H,1H3,(H,12,14)(H,15,16). The van der Waals surface area contributed by atoms with Gasteiger partial charge < -0.3 is 15.2 Å². The van der Waals surface area contributed by atoms with Gasteiger partial charge in [-0.15, -0.1) is 0 Å². The minimum Gasteiger partial charge on any atom is -0.497 e. The largest absolute Gasteiger partial charge is 0.497 e. The summed E-state index contributed by atoms with van der Waals surface area (Å²) in [7, 11) is 1.45. The van der Waals surface area contributed by atoms with Crippen LogP contribution in [0.1, 0.15) is 10.4 Å². The monoisotopic (exact) mass is 235 g/mol. The Balaban J connectivity index is 2.49. The van der Waals surface area contributed by atoms with Gasteiger partial charge in [-0.25, -0.2) is 0 Å². The first-order valence-electron chi connectivity index (χ1n) is 4.80. The summed E-state index contributed by atoms with van der Waals surface area (Å²) >= 11 is 0. The van der Waals surface area contributed by atoms with Crippen molar-refractivity contribution in [1.82, 2.24) is 0 Å². The van der Waals surface area contributed by atoms with Crippen molar-refractivity contribution >= 4 is 23.3 Å². The van der Waals surface area contributed by atoms with E-state index in [1.165, 1.54) is 25.3 Å². The Morgan fingerprint density at radius 1 is 1.41 bits per heavy atom. The average molecular weight is 235 g/mol. The molecule has 0 saturated heterocycles. The molecule has 0 aromatic heterocycles. The number of aliphatic carboxylic acids is 1. The van der Waals surface area contributed by atoms with Gasteiger partial charge in [-0.2, -0.15) is 0 Å². The molecule has 0 spiro atoms. The van der Waals surface area contributed by atoms with Crippen LogP contribution in [0.3, 0.4) is 0 Å². The van der Waals surface area contributed by atoms with Gasteiger partial charge in [-0.3, -0.25) is 14.4 Å². The number of ketones is 1. The van der Waals surface area contributed by atoms with Crippen LogP contribution >= 0.6 is 0 Å². The van der Waals surface area contributed by atoms with Crippen LogP contribution in [0.2, 0.25) is 0 Å². The maximum Gasteiger partial charge on any atom is 0.324 e. The molecular formula is C11H9NO5. The number of hydrogen-bond donors (Lipinski definition) is 2. The fraction of sp³-hybridized carbons (Fsp3) is 0.182. The SMILES string of the molecule is COc1ccc2c(c1)NC(=O)C(C(=O)O)C2=O. The first kappa shape index (κ1) is 11.1. The summed E-state index contributed by atoms with van der Waals surface area (Å²) in [4.78, 5) is 34.0. The summed E-state index contributed by atoms with van der Waals surface area (Å²) in [5.74, 6) is -4.18. The van der Waals surface area contributed by atoms with Crippen molar-refractivity contribution in [2.75, 3.05) is 12.4 Å². The fourth-order valence-electron chi connectivity index (χ4n) is 1.67. The van der Waals surface area contributed by atoms with E-state index in [0.717, 1.165) is 0 Å². The molecule has 1 aliphatic rings. The number of carbonyl (C=O) groups excluding carboxylic acids is 2. The Hall–Kier alpha value is -2.37. The Labute approximate surface area is 96.2 Å². The Bertz CT molecular complexity index is 523. The molecule has 0 saturated carbocycles. The molecule has 1 atom stereocenters. The molecule has 1 aromatic rings. The molecule has 1 unspecified atom stereocenters. The molecule has 0 bridgehead atoms. The number of carboxylic acids is 1. The van der Waals surface area contributed by atoms with Gasteiger partial charge in [0.15, 0.2) is 11.7 Å². The molecule has 17 heavy (non-hydrogen) atoms. The van der Waals surface area contributed by atoms with Crippen LogP contribution in [-0.4, -0.2) is 29.9 Å². The van der Waals surface area contributed by atoms with Crippen LogP contribution in [-0.2, 0) is 9.59 Å². The normalized spacial score (nSPS) is 18.3. The van der Waals surface area contributed by atoms with Crippen LogP contribution in [0.5, 0.6) is 5.75 Å². The molecule has 88 valence electrons. The highest BCUT2D eigenvalue weighted by Gasteiger charge is 2.39. The number of carboxylic acid groups (broad SMARTS) is 1. The summed E-state index contributed by atoms with van der Waals surface area (Å²) in [6.07, 6.45) is 0. The van der Waals surface area contributed by atoms with E-state index in [-0.39, 0.29) is 11.3 Å². The molecule has 6 nitrogen and oxygen atoms in total. The Morgan fingerprint density at radius 3 is 2.71 bits per heavy atom. The van der Waals surface area contributed by atoms with Gasteiger partial charge in [-0.05, 0) is 12.1 Å². The number of rotatable bonds is 2. The lowest BCUT2D eigenvalue weighted by molar-refractivity contribution is -0.143. The smallest absolute Gasteiger partial charge is 0.324 e. The molecule has 6 heteroatoms. The van der Waals surface area contributed by atoms with Crippen LogP contribution < -0.4 is 10.1 Å². The fourth-order valence-corrected chi connectivity index (χ4v) is 1.67. The highest BCUT2D eigenvalue weighted by molar-refractivity contribution is 6.29. The van der Waals surface area contributed by atoms with Crippen LogP contribution in [0, 0.1) is 5.92 Å². The first-order chi connectivity index (χ1) is 8.04. The molecule has 0 aliphatic carbocycles. The van der Waals surface area contributed by atoms with Crippen molar-refractivity contribution < 1.29 is 24.2 Å². The van der Waals surface area contributed by atoms with Crippen LogP contribution in [0.25, 0.3) is 0 Å². The van der Waals surface area contributed by atoms with Gasteiger partial charge in [0.1, 0.15) is 5.75 Å². The summed E-state index contributed by atoms with van der Waals surface area (Å²) in [6.45, 7) is 0. The minimum absolute atomic E-state index is 0.179. The lowest BCUT2D eigenvalue weighted by Gasteiger charge is -2.21. The zero-order chi connectivity index (χ0) is 12.6. The summed E-state index contributed by atoms with van der Waals surface area (Å²) in [6, 6.07) is 4.45.